The Morgan fingerprint density at radius 2 is 2.08 bits per heavy atom. The van der Waals surface area contributed by atoms with E-state index in [0.717, 1.165) is 17.5 Å². The summed E-state index contributed by atoms with van der Waals surface area (Å²) in [6.45, 7) is 1.16. The van der Waals surface area contributed by atoms with Gasteiger partial charge in [-0.1, -0.05) is 30.3 Å². The van der Waals surface area contributed by atoms with Crippen LogP contribution in [0, 0.1) is 0 Å². The molecule has 0 N–H and O–H groups in total. The highest BCUT2D eigenvalue weighted by Gasteiger charge is 2.33. The van der Waals surface area contributed by atoms with Gasteiger partial charge >= 0.3 is 0 Å². The monoisotopic (exact) mass is 340 g/mol. The van der Waals surface area contributed by atoms with Crippen LogP contribution in [-0.4, -0.2) is 47.9 Å². The van der Waals surface area contributed by atoms with Crippen LogP contribution in [0.25, 0.3) is 5.57 Å². The molecule has 1 aliphatic heterocycles. The van der Waals surface area contributed by atoms with Crippen molar-refractivity contribution in [3.05, 3.63) is 57.6 Å². The van der Waals surface area contributed by atoms with Gasteiger partial charge in [-0.2, -0.15) is 0 Å². The number of Topliss-reactive ketones (excluding diaryl/α,β-unsaturated/α-hetero) is 1. The zero-order valence-electron chi connectivity index (χ0n) is 13.2. The lowest BCUT2D eigenvalue weighted by Crippen LogP contribution is -2.54. The molecule has 6 heteroatoms. The molecule has 0 saturated carbocycles. The topological polar surface area (TPSA) is 59.5 Å². The zero-order valence-corrected chi connectivity index (χ0v) is 14.0. The van der Waals surface area contributed by atoms with Gasteiger partial charge in [0.2, 0.25) is 5.78 Å². The molecule has 1 amide bonds. The predicted octanol–water partition coefficient (Wildman–Crippen LogP) is 2.44. The normalized spacial score (nSPS) is 16.5. The standard InChI is InChI=1S/C18H16N2O3S/c1-23-12-8-20(9-12)18(22)15-10-24-17(19-15)16(21)14-7-6-11-4-2-3-5-13(11)14/h2-5,7,10,12H,6,8-9H2,1H3. The summed E-state index contributed by atoms with van der Waals surface area (Å²) in [6, 6.07) is 7.88. The minimum atomic E-state index is -0.139. The molecule has 1 aromatic carbocycles. The number of amides is 1. The second-order valence-electron chi connectivity index (χ2n) is 5.91. The second-order valence-corrected chi connectivity index (χ2v) is 6.77. The minimum Gasteiger partial charge on any atom is -0.378 e. The van der Waals surface area contributed by atoms with Gasteiger partial charge < -0.3 is 9.64 Å². The molecule has 4 rings (SSSR count). The van der Waals surface area contributed by atoms with Crippen molar-refractivity contribution in [2.24, 2.45) is 0 Å². The highest BCUT2D eigenvalue weighted by atomic mass is 32.1. The Labute approximate surface area is 143 Å². The number of carbonyl (C=O) groups is 2. The third-order valence-electron chi connectivity index (χ3n) is 4.46. The van der Waals surface area contributed by atoms with Crippen LogP contribution in [0.2, 0.25) is 0 Å². The molecule has 2 aromatic rings. The molecule has 0 radical (unpaired) electrons. The average Bonchev–Trinajstić information content (AvgIpc) is 3.20. The van der Waals surface area contributed by atoms with Crippen molar-refractivity contribution in [2.45, 2.75) is 12.5 Å². The molecule has 0 spiro atoms. The second kappa shape index (κ2) is 5.96. The van der Waals surface area contributed by atoms with Gasteiger partial charge in [0.1, 0.15) is 5.69 Å². The predicted molar refractivity (Wildman–Crippen MR) is 91.3 cm³/mol. The first-order valence-corrected chi connectivity index (χ1v) is 8.66. The van der Waals surface area contributed by atoms with Gasteiger partial charge in [-0.25, -0.2) is 4.98 Å². The Hall–Kier alpha value is -2.31. The number of allylic oxidation sites excluding steroid dienone is 2. The Morgan fingerprint density at radius 1 is 1.29 bits per heavy atom. The molecular formula is C18H16N2O3S. The fourth-order valence-electron chi connectivity index (χ4n) is 3.00. The molecule has 0 atom stereocenters. The van der Waals surface area contributed by atoms with Gasteiger partial charge in [-0.05, 0) is 17.5 Å². The highest BCUT2D eigenvalue weighted by Crippen LogP contribution is 2.30. The number of fused-ring (bicyclic) bond motifs is 1. The van der Waals surface area contributed by atoms with Gasteiger partial charge in [0, 0.05) is 31.2 Å². The van der Waals surface area contributed by atoms with Crippen molar-refractivity contribution in [2.75, 3.05) is 20.2 Å². The van der Waals surface area contributed by atoms with Crippen LogP contribution in [0.1, 0.15) is 31.4 Å². The lowest BCUT2D eigenvalue weighted by atomic mass is 10.0. The van der Waals surface area contributed by atoms with Crippen LogP contribution < -0.4 is 0 Å². The maximum absolute atomic E-state index is 12.7. The number of methoxy groups -OCH3 is 1. The minimum absolute atomic E-state index is 0.105. The number of hydrogen-bond donors (Lipinski definition) is 0. The molecule has 2 heterocycles. The molecular weight excluding hydrogens is 324 g/mol. The first kappa shape index (κ1) is 15.2. The summed E-state index contributed by atoms with van der Waals surface area (Å²) in [5.74, 6) is -0.248. The fraction of sp³-hybridized carbons (Fsp3) is 0.278. The lowest BCUT2D eigenvalue weighted by molar-refractivity contribution is -0.0194. The quantitative estimate of drug-likeness (QED) is 0.802. The first-order chi connectivity index (χ1) is 11.7. The average molecular weight is 340 g/mol. The summed E-state index contributed by atoms with van der Waals surface area (Å²) in [7, 11) is 1.64. The molecule has 122 valence electrons. The van der Waals surface area contributed by atoms with E-state index in [4.69, 9.17) is 4.74 Å². The van der Waals surface area contributed by atoms with Crippen LogP contribution in [-0.2, 0) is 11.2 Å². The molecule has 2 aliphatic rings. The van der Waals surface area contributed by atoms with Crippen LogP contribution in [0.4, 0.5) is 0 Å². The smallest absolute Gasteiger partial charge is 0.273 e. The van der Waals surface area contributed by atoms with E-state index >= 15 is 0 Å². The highest BCUT2D eigenvalue weighted by molar-refractivity contribution is 7.12. The molecule has 5 nitrogen and oxygen atoms in total. The third kappa shape index (κ3) is 2.48. The summed E-state index contributed by atoms with van der Waals surface area (Å²) in [5, 5.41) is 2.03. The zero-order chi connectivity index (χ0) is 16.7. The third-order valence-corrected chi connectivity index (χ3v) is 5.31. The van der Waals surface area contributed by atoms with Crippen molar-refractivity contribution >= 4 is 28.6 Å². The van der Waals surface area contributed by atoms with Gasteiger partial charge in [-0.3, -0.25) is 9.59 Å². The largest absolute Gasteiger partial charge is 0.378 e. The first-order valence-electron chi connectivity index (χ1n) is 7.78. The van der Waals surface area contributed by atoms with Crippen molar-refractivity contribution < 1.29 is 14.3 Å². The summed E-state index contributed by atoms with van der Waals surface area (Å²) < 4.78 is 5.17. The van der Waals surface area contributed by atoms with Gasteiger partial charge in [-0.15, -0.1) is 11.3 Å². The molecule has 1 aliphatic carbocycles. The number of ether oxygens (including phenoxy) is 1. The van der Waals surface area contributed by atoms with E-state index in [1.165, 1.54) is 11.3 Å². The van der Waals surface area contributed by atoms with Crippen LogP contribution in [0.5, 0.6) is 0 Å². The van der Waals surface area contributed by atoms with Crippen molar-refractivity contribution in [3.63, 3.8) is 0 Å². The van der Waals surface area contributed by atoms with E-state index in [1.54, 1.807) is 17.4 Å². The Kier molecular flexibility index (Phi) is 3.78. The van der Waals surface area contributed by atoms with Crippen molar-refractivity contribution in [3.8, 4) is 0 Å². The summed E-state index contributed by atoms with van der Waals surface area (Å²) in [5.41, 5.74) is 3.14. The molecule has 1 aromatic heterocycles. The number of likely N-dealkylation sites (tertiary alicyclic amines) is 1. The van der Waals surface area contributed by atoms with E-state index < -0.39 is 0 Å². The van der Waals surface area contributed by atoms with E-state index in [9.17, 15) is 9.59 Å². The Balaban J connectivity index is 1.51. The summed E-state index contributed by atoms with van der Waals surface area (Å²) >= 11 is 1.23. The summed E-state index contributed by atoms with van der Waals surface area (Å²) in [4.78, 5) is 31.0. The van der Waals surface area contributed by atoms with Crippen molar-refractivity contribution in [1.82, 2.24) is 9.88 Å². The Bertz CT molecular complexity index is 849. The molecule has 1 fully saturated rings. The number of hydrogen-bond acceptors (Lipinski definition) is 5. The van der Waals surface area contributed by atoms with E-state index in [1.807, 2.05) is 30.3 Å². The maximum Gasteiger partial charge on any atom is 0.273 e. The molecule has 1 saturated heterocycles. The number of rotatable bonds is 4. The lowest BCUT2D eigenvalue weighted by Gasteiger charge is -2.37. The van der Waals surface area contributed by atoms with Crippen molar-refractivity contribution in [1.29, 1.82) is 0 Å². The van der Waals surface area contributed by atoms with Gasteiger partial charge in [0.05, 0.1) is 6.10 Å². The molecule has 24 heavy (non-hydrogen) atoms. The number of thiazole rings is 1. The number of carbonyl (C=O) groups excluding carboxylic acids is 2. The van der Waals surface area contributed by atoms with Gasteiger partial charge in [0.25, 0.3) is 5.91 Å². The number of nitrogens with zero attached hydrogens (tertiary/aromatic N) is 2. The van der Waals surface area contributed by atoms with E-state index in [2.05, 4.69) is 4.98 Å². The number of benzene rings is 1. The molecule has 0 unspecified atom stereocenters. The van der Waals surface area contributed by atoms with Gasteiger partial charge in [0.15, 0.2) is 5.01 Å². The van der Waals surface area contributed by atoms with E-state index in [0.29, 0.717) is 29.4 Å². The van der Waals surface area contributed by atoms with E-state index in [-0.39, 0.29) is 17.8 Å². The molecule has 0 bridgehead atoms. The number of ketones is 1. The van der Waals surface area contributed by atoms with Crippen LogP contribution in [0.3, 0.4) is 0 Å². The fourth-order valence-corrected chi connectivity index (χ4v) is 3.75. The van der Waals surface area contributed by atoms with Crippen LogP contribution in [0.15, 0.2) is 35.7 Å². The Morgan fingerprint density at radius 3 is 2.88 bits per heavy atom. The number of aromatic nitrogens is 1. The maximum atomic E-state index is 12.7. The summed E-state index contributed by atoms with van der Waals surface area (Å²) in [6.07, 6.45) is 2.81. The SMILES string of the molecule is COC1CN(C(=O)c2csc(C(=O)C3=CCc4ccccc43)n2)C1. The van der Waals surface area contributed by atoms with Crippen LogP contribution >= 0.6 is 11.3 Å².